The van der Waals surface area contributed by atoms with Crippen LogP contribution in [0.4, 0.5) is 5.69 Å². The molecule has 2 rings (SSSR count). The van der Waals surface area contributed by atoms with Crippen LogP contribution < -0.4 is 11.1 Å². The molecule has 2 aromatic rings. The third kappa shape index (κ3) is 3.70. The largest absolute Gasteiger partial charge is 0.366 e. The molecule has 0 aromatic heterocycles. The first-order valence-electron chi connectivity index (χ1n) is 6.29. The van der Waals surface area contributed by atoms with Gasteiger partial charge in [0.25, 0.3) is 5.91 Å². The van der Waals surface area contributed by atoms with Gasteiger partial charge in [-0.05, 0) is 48.5 Å². The molecule has 114 valence electrons. The zero-order chi connectivity index (χ0) is 16.3. The second-order valence-corrected chi connectivity index (χ2v) is 6.71. The van der Waals surface area contributed by atoms with Gasteiger partial charge in [-0.25, -0.2) is 8.42 Å². The Morgan fingerprint density at radius 3 is 1.86 bits per heavy atom. The molecule has 0 aliphatic heterocycles. The highest BCUT2D eigenvalue weighted by Crippen LogP contribution is 2.14. The van der Waals surface area contributed by atoms with E-state index >= 15 is 0 Å². The lowest BCUT2D eigenvalue weighted by molar-refractivity contribution is 0.0998. The summed E-state index contributed by atoms with van der Waals surface area (Å²) in [4.78, 5) is 23.1. The predicted octanol–water partition coefficient (Wildman–Crippen LogP) is 1.44. The zero-order valence-corrected chi connectivity index (χ0v) is 12.6. The summed E-state index contributed by atoms with van der Waals surface area (Å²) in [6.45, 7) is 0. The molecule has 22 heavy (non-hydrogen) atoms. The summed E-state index contributed by atoms with van der Waals surface area (Å²) in [5, 5.41) is 2.64. The van der Waals surface area contributed by atoms with E-state index in [2.05, 4.69) is 5.32 Å². The number of amides is 2. The molecule has 0 aliphatic carbocycles. The maximum atomic E-state index is 12.0. The van der Waals surface area contributed by atoms with Crippen molar-refractivity contribution in [3.05, 3.63) is 59.7 Å². The first kappa shape index (κ1) is 15.7. The average Bonchev–Trinajstić information content (AvgIpc) is 2.47. The van der Waals surface area contributed by atoms with Crippen molar-refractivity contribution in [3.63, 3.8) is 0 Å². The van der Waals surface area contributed by atoms with Gasteiger partial charge in [0.2, 0.25) is 5.91 Å². The third-order valence-corrected chi connectivity index (χ3v) is 4.10. The molecule has 0 unspecified atom stereocenters. The van der Waals surface area contributed by atoms with Crippen LogP contribution in [0.25, 0.3) is 0 Å². The number of hydrogen-bond acceptors (Lipinski definition) is 4. The van der Waals surface area contributed by atoms with Crippen LogP contribution in [0.15, 0.2) is 53.4 Å². The normalized spacial score (nSPS) is 11.0. The van der Waals surface area contributed by atoms with Gasteiger partial charge >= 0.3 is 0 Å². The number of rotatable bonds is 4. The topological polar surface area (TPSA) is 106 Å². The summed E-state index contributed by atoms with van der Waals surface area (Å²) in [5.74, 6) is -0.930. The van der Waals surface area contributed by atoms with Crippen molar-refractivity contribution < 1.29 is 18.0 Å². The molecule has 0 atom stereocenters. The van der Waals surface area contributed by atoms with E-state index in [1.165, 1.54) is 36.4 Å². The summed E-state index contributed by atoms with van der Waals surface area (Å²) in [5.41, 5.74) is 6.30. The van der Waals surface area contributed by atoms with Crippen molar-refractivity contribution in [2.45, 2.75) is 4.90 Å². The van der Waals surface area contributed by atoms with E-state index in [0.717, 1.165) is 6.26 Å². The molecule has 0 radical (unpaired) electrons. The summed E-state index contributed by atoms with van der Waals surface area (Å²) >= 11 is 0. The molecule has 0 spiro atoms. The standard InChI is InChI=1S/C15H14N2O4S/c1-22(20,21)13-8-4-11(5-9-13)15(19)17-12-6-2-10(3-7-12)14(16)18/h2-9H,1H3,(H2,16,18)(H,17,19). The number of anilines is 1. The van der Waals surface area contributed by atoms with Crippen LogP contribution in [0.5, 0.6) is 0 Å². The summed E-state index contributed by atoms with van der Waals surface area (Å²) < 4.78 is 22.7. The van der Waals surface area contributed by atoms with Crippen molar-refractivity contribution >= 4 is 27.3 Å². The molecule has 2 amide bonds. The quantitative estimate of drug-likeness (QED) is 0.889. The molecule has 2 aromatic carbocycles. The zero-order valence-electron chi connectivity index (χ0n) is 11.7. The molecule has 0 saturated heterocycles. The average molecular weight is 318 g/mol. The van der Waals surface area contributed by atoms with Crippen LogP contribution in [0.2, 0.25) is 0 Å². The molecule has 0 saturated carbocycles. The number of carbonyl (C=O) groups is 2. The Hall–Kier alpha value is -2.67. The number of carbonyl (C=O) groups excluding carboxylic acids is 2. The molecule has 0 fully saturated rings. The summed E-state index contributed by atoms with van der Waals surface area (Å²) in [7, 11) is -3.29. The number of primary amides is 1. The molecule has 6 nitrogen and oxygen atoms in total. The van der Waals surface area contributed by atoms with E-state index in [0.29, 0.717) is 16.8 Å². The number of nitrogens with two attached hydrogens (primary N) is 1. The van der Waals surface area contributed by atoms with Crippen molar-refractivity contribution in [1.82, 2.24) is 0 Å². The molecular formula is C15H14N2O4S. The van der Waals surface area contributed by atoms with Gasteiger partial charge in [-0.1, -0.05) is 0 Å². The van der Waals surface area contributed by atoms with E-state index in [9.17, 15) is 18.0 Å². The van der Waals surface area contributed by atoms with Gasteiger partial charge in [-0.2, -0.15) is 0 Å². The SMILES string of the molecule is CS(=O)(=O)c1ccc(C(=O)Nc2ccc(C(N)=O)cc2)cc1. The molecular weight excluding hydrogens is 304 g/mol. The second-order valence-electron chi connectivity index (χ2n) is 4.69. The number of benzene rings is 2. The molecule has 0 heterocycles. The molecule has 3 N–H and O–H groups in total. The fourth-order valence-corrected chi connectivity index (χ4v) is 2.41. The lowest BCUT2D eigenvalue weighted by Crippen LogP contribution is -2.13. The fraction of sp³-hybridized carbons (Fsp3) is 0.0667. The smallest absolute Gasteiger partial charge is 0.255 e. The van der Waals surface area contributed by atoms with E-state index in [1.54, 1.807) is 12.1 Å². The summed E-state index contributed by atoms with van der Waals surface area (Å²) in [6.07, 6.45) is 1.10. The van der Waals surface area contributed by atoms with Gasteiger partial charge in [0.1, 0.15) is 0 Å². The van der Waals surface area contributed by atoms with Gasteiger partial charge in [-0.15, -0.1) is 0 Å². The van der Waals surface area contributed by atoms with Crippen LogP contribution >= 0.6 is 0 Å². The van der Waals surface area contributed by atoms with Crippen molar-refractivity contribution in [3.8, 4) is 0 Å². The first-order chi connectivity index (χ1) is 10.3. The van der Waals surface area contributed by atoms with Gasteiger partial charge in [0.15, 0.2) is 9.84 Å². The van der Waals surface area contributed by atoms with E-state index < -0.39 is 15.7 Å². The maximum absolute atomic E-state index is 12.0. The number of sulfone groups is 1. The number of hydrogen-bond donors (Lipinski definition) is 2. The monoisotopic (exact) mass is 318 g/mol. The Labute approximate surface area is 127 Å². The highest BCUT2D eigenvalue weighted by molar-refractivity contribution is 7.90. The van der Waals surface area contributed by atoms with Crippen molar-refractivity contribution in [2.24, 2.45) is 5.73 Å². The van der Waals surface area contributed by atoms with E-state index in [4.69, 9.17) is 5.73 Å². The van der Waals surface area contributed by atoms with E-state index in [1.807, 2.05) is 0 Å². The fourth-order valence-electron chi connectivity index (χ4n) is 1.77. The first-order valence-corrected chi connectivity index (χ1v) is 8.18. The van der Waals surface area contributed by atoms with Crippen LogP contribution in [0.1, 0.15) is 20.7 Å². The van der Waals surface area contributed by atoms with Gasteiger partial charge in [0, 0.05) is 23.1 Å². The Balaban J connectivity index is 2.13. The minimum absolute atomic E-state index is 0.148. The highest BCUT2D eigenvalue weighted by atomic mass is 32.2. The molecule has 7 heteroatoms. The summed E-state index contributed by atoms with van der Waals surface area (Å²) in [6, 6.07) is 11.7. The predicted molar refractivity (Wildman–Crippen MR) is 82.5 cm³/mol. The third-order valence-electron chi connectivity index (χ3n) is 2.97. The highest BCUT2D eigenvalue weighted by Gasteiger charge is 2.10. The lowest BCUT2D eigenvalue weighted by atomic mass is 10.2. The van der Waals surface area contributed by atoms with Crippen molar-refractivity contribution in [1.29, 1.82) is 0 Å². The molecule has 0 bridgehead atoms. The van der Waals surface area contributed by atoms with Crippen LogP contribution in [0, 0.1) is 0 Å². The Bertz CT molecular complexity index is 810. The minimum Gasteiger partial charge on any atom is -0.366 e. The minimum atomic E-state index is -3.29. The van der Waals surface area contributed by atoms with Gasteiger partial charge < -0.3 is 11.1 Å². The Kier molecular flexibility index (Phi) is 4.27. The van der Waals surface area contributed by atoms with Crippen LogP contribution in [0.3, 0.4) is 0 Å². The lowest BCUT2D eigenvalue weighted by Gasteiger charge is -2.06. The molecule has 0 aliphatic rings. The van der Waals surface area contributed by atoms with Gasteiger partial charge in [0.05, 0.1) is 4.90 Å². The second kappa shape index (κ2) is 5.98. The van der Waals surface area contributed by atoms with E-state index in [-0.39, 0.29) is 10.8 Å². The number of nitrogens with one attached hydrogen (secondary N) is 1. The van der Waals surface area contributed by atoms with Crippen LogP contribution in [-0.4, -0.2) is 26.5 Å². The van der Waals surface area contributed by atoms with Crippen LogP contribution in [-0.2, 0) is 9.84 Å². The van der Waals surface area contributed by atoms with Crippen molar-refractivity contribution in [2.75, 3.05) is 11.6 Å². The Morgan fingerprint density at radius 2 is 1.41 bits per heavy atom. The maximum Gasteiger partial charge on any atom is 0.255 e. The Morgan fingerprint density at radius 1 is 0.909 bits per heavy atom. The van der Waals surface area contributed by atoms with Gasteiger partial charge in [-0.3, -0.25) is 9.59 Å².